The van der Waals surface area contributed by atoms with E-state index in [9.17, 15) is 9.59 Å². The highest BCUT2D eigenvalue weighted by Crippen LogP contribution is 2.60. The predicted octanol–water partition coefficient (Wildman–Crippen LogP) is 4.24. The van der Waals surface area contributed by atoms with E-state index in [1.54, 1.807) is 36.6 Å². The van der Waals surface area contributed by atoms with Crippen molar-refractivity contribution in [2.24, 2.45) is 23.2 Å². The SMILES string of the molecule is O=C(NCc1ccco1)c1ccccc1NC(=S)NC(=O)C12CC3CC(CC(C3)C1)C2. The third-order valence-electron chi connectivity index (χ3n) is 7.17. The maximum Gasteiger partial charge on any atom is 0.253 e. The fourth-order valence-electron chi connectivity index (χ4n) is 6.24. The van der Waals surface area contributed by atoms with Crippen molar-refractivity contribution in [2.75, 3.05) is 5.32 Å². The average Bonchev–Trinajstić information content (AvgIpc) is 3.25. The van der Waals surface area contributed by atoms with E-state index in [4.69, 9.17) is 16.6 Å². The molecule has 6 nitrogen and oxygen atoms in total. The van der Waals surface area contributed by atoms with Crippen LogP contribution < -0.4 is 16.0 Å². The highest BCUT2D eigenvalue weighted by Gasteiger charge is 2.54. The van der Waals surface area contributed by atoms with E-state index in [2.05, 4.69) is 16.0 Å². The van der Waals surface area contributed by atoms with Crippen LogP contribution in [0.4, 0.5) is 5.69 Å². The van der Waals surface area contributed by atoms with Crippen LogP contribution in [0.5, 0.6) is 0 Å². The Bertz CT molecular complexity index is 966. The first-order chi connectivity index (χ1) is 15.0. The number of nitrogens with one attached hydrogen (secondary N) is 3. The van der Waals surface area contributed by atoms with Crippen molar-refractivity contribution < 1.29 is 14.0 Å². The van der Waals surface area contributed by atoms with Crippen LogP contribution in [0.2, 0.25) is 0 Å². The number of amides is 2. The molecular formula is C24H27N3O3S. The zero-order valence-corrected chi connectivity index (χ0v) is 18.2. The highest BCUT2D eigenvalue weighted by molar-refractivity contribution is 7.80. The molecule has 0 atom stereocenters. The number of carbonyl (C=O) groups is 2. The molecule has 6 rings (SSSR count). The zero-order valence-electron chi connectivity index (χ0n) is 17.4. The van der Waals surface area contributed by atoms with Crippen molar-refractivity contribution in [1.82, 2.24) is 10.6 Å². The summed E-state index contributed by atoms with van der Waals surface area (Å²) in [6.07, 6.45) is 8.39. The van der Waals surface area contributed by atoms with Gasteiger partial charge in [-0.25, -0.2) is 0 Å². The number of hydrogen-bond donors (Lipinski definition) is 3. The number of para-hydroxylation sites is 1. The molecule has 0 aliphatic heterocycles. The van der Waals surface area contributed by atoms with Gasteiger partial charge in [0.1, 0.15) is 5.76 Å². The molecule has 7 heteroatoms. The lowest BCUT2D eigenvalue weighted by atomic mass is 9.49. The Kier molecular flexibility index (Phi) is 5.30. The van der Waals surface area contributed by atoms with Gasteiger partial charge in [-0.3, -0.25) is 9.59 Å². The Morgan fingerprint density at radius 1 is 1.00 bits per heavy atom. The molecule has 1 aromatic carbocycles. The first-order valence-electron chi connectivity index (χ1n) is 11.0. The number of hydrogen-bond acceptors (Lipinski definition) is 4. The van der Waals surface area contributed by atoms with Gasteiger partial charge in [-0.2, -0.15) is 0 Å². The van der Waals surface area contributed by atoms with E-state index in [-0.39, 0.29) is 22.3 Å². The predicted molar refractivity (Wildman–Crippen MR) is 121 cm³/mol. The van der Waals surface area contributed by atoms with Gasteiger partial charge in [0.25, 0.3) is 5.91 Å². The van der Waals surface area contributed by atoms with Gasteiger partial charge < -0.3 is 20.4 Å². The third-order valence-corrected chi connectivity index (χ3v) is 7.37. The van der Waals surface area contributed by atoms with Crippen LogP contribution in [0.25, 0.3) is 0 Å². The molecule has 2 aromatic rings. The summed E-state index contributed by atoms with van der Waals surface area (Å²) in [5.74, 6) is 2.56. The van der Waals surface area contributed by atoms with Gasteiger partial charge in [0.2, 0.25) is 5.91 Å². The molecule has 1 aromatic heterocycles. The van der Waals surface area contributed by atoms with Crippen LogP contribution in [0, 0.1) is 23.2 Å². The first kappa shape index (κ1) is 20.2. The number of carbonyl (C=O) groups excluding carboxylic acids is 2. The van der Waals surface area contributed by atoms with Crippen LogP contribution >= 0.6 is 12.2 Å². The number of thiocarbonyl (C=S) groups is 1. The molecule has 4 aliphatic rings. The third kappa shape index (κ3) is 4.11. The van der Waals surface area contributed by atoms with Crippen LogP contribution in [0.1, 0.15) is 54.6 Å². The van der Waals surface area contributed by atoms with E-state index >= 15 is 0 Å². The van der Waals surface area contributed by atoms with Crippen molar-refractivity contribution in [2.45, 2.75) is 45.1 Å². The van der Waals surface area contributed by atoms with Gasteiger partial charge in [-0.05, 0) is 92.8 Å². The van der Waals surface area contributed by atoms with E-state index in [1.807, 2.05) is 6.07 Å². The maximum atomic E-state index is 13.2. The quantitative estimate of drug-likeness (QED) is 0.610. The first-order valence-corrected chi connectivity index (χ1v) is 11.4. The van der Waals surface area contributed by atoms with E-state index in [0.717, 1.165) is 19.3 Å². The second-order valence-corrected chi connectivity index (χ2v) is 9.82. The summed E-state index contributed by atoms with van der Waals surface area (Å²) in [6.45, 7) is 0.299. The average molecular weight is 438 g/mol. The number of benzene rings is 1. The van der Waals surface area contributed by atoms with Crippen LogP contribution in [0.15, 0.2) is 47.1 Å². The van der Waals surface area contributed by atoms with Crippen LogP contribution in [0.3, 0.4) is 0 Å². The maximum absolute atomic E-state index is 13.2. The molecule has 0 unspecified atom stereocenters. The van der Waals surface area contributed by atoms with Crippen molar-refractivity contribution in [1.29, 1.82) is 0 Å². The molecule has 0 saturated heterocycles. The topological polar surface area (TPSA) is 83.4 Å². The summed E-state index contributed by atoms with van der Waals surface area (Å²) in [5, 5.41) is 9.09. The Labute approximate surface area is 187 Å². The normalized spacial score (nSPS) is 28.2. The Balaban J connectivity index is 1.23. The van der Waals surface area contributed by atoms with E-state index in [1.165, 1.54) is 19.3 Å². The second kappa shape index (κ2) is 8.11. The highest BCUT2D eigenvalue weighted by atomic mass is 32.1. The Morgan fingerprint density at radius 3 is 2.32 bits per heavy atom. The van der Waals surface area contributed by atoms with Crippen molar-refractivity contribution in [3.63, 3.8) is 0 Å². The molecule has 31 heavy (non-hydrogen) atoms. The number of anilines is 1. The molecule has 4 saturated carbocycles. The van der Waals surface area contributed by atoms with Crippen molar-refractivity contribution in [3.8, 4) is 0 Å². The van der Waals surface area contributed by atoms with E-state index < -0.39 is 0 Å². The van der Waals surface area contributed by atoms with Gasteiger partial charge in [-0.1, -0.05) is 12.1 Å². The molecule has 2 amide bonds. The smallest absolute Gasteiger partial charge is 0.253 e. The zero-order chi connectivity index (χ0) is 21.4. The number of rotatable bonds is 5. The van der Waals surface area contributed by atoms with Gasteiger partial charge in [0.15, 0.2) is 5.11 Å². The van der Waals surface area contributed by atoms with Gasteiger partial charge in [-0.15, -0.1) is 0 Å². The van der Waals surface area contributed by atoms with Crippen LogP contribution in [-0.4, -0.2) is 16.9 Å². The van der Waals surface area contributed by atoms with Gasteiger partial charge in [0, 0.05) is 0 Å². The summed E-state index contributed by atoms with van der Waals surface area (Å²) < 4.78 is 5.26. The molecule has 4 bridgehead atoms. The minimum atomic E-state index is -0.263. The molecular weight excluding hydrogens is 410 g/mol. The fraction of sp³-hybridized carbons (Fsp3) is 0.458. The van der Waals surface area contributed by atoms with Gasteiger partial charge in [0.05, 0.1) is 29.5 Å². The molecule has 1 heterocycles. The molecule has 4 aliphatic carbocycles. The minimum Gasteiger partial charge on any atom is -0.467 e. The Hall–Kier alpha value is -2.67. The largest absolute Gasteiger partial charge is 0.467 e. The van der Waals surface area contributed by atoms with Crippen molar-refractivity contribution >= 4 is 34.8 Å². The van der Waals surface area contributed by atoms with Crippen LogP contribution in [-0.2, 0) is 11.3 Å². The molecule has 162 valence electrons. The second-order valence-electron chi connectivity index (χ2n) is 9.41. The molecule has 0 radical (unpaired) electrons. The Morgan fingerprint density at radius 2 is 1.68 bits per heavy atom. The van der Waals surface area contributed by atoms with Crippen molar-refractivity contribution in [3.05, 3.63) is 54.0 Å². The number of furan rings is 1. The fourth-order valence-corrected chi connectivity index (χ4v) is 6.45. The summed E-state index contributed by atoms with van der Waals surface area (Å²) >= 11 is 5.45. The minimum absolute atomic E-state index is 0.0452. The lowest BCUT2D eigenvalue weighted by molar-refractivity contribution is -0.144. The monoisotopic (exact) mass is 437 g/mol. The van der Waals surface area contributed by atoms with E-state index in [0.29, 0.717) is 41.3 Å². The van der Waals surface area contributed by atoms with Gasteiger partial charge >= 0.3 is 0 Å². The lowest BCUT2D eigenvalue weighted by Gasteiger charge is -2.55. The summed E-state index contributed by atoms with van der Waals surface area (Å²) in [6, 6.07) is 10.7. The summed E-state index contributed by atoms with van der Waals surface area (Å²) in [4.78, 5) is 25.9. The standard InChI is InChI=1S/C24H27N3O3S/c28-21(25-14-18-4-3-7-30-18)19-5-1-2-6-20(19)26-23(31)27-22(29)24-11-15-8-16(12-24)10-17(9-15)13-24/h1-7,15-17H,8-14H2,(H,25,28)(H2,26,27,29,31). The summed E-state index contributed by atoms with van der Waals surface area (Å²) in [5.41, 5.74) is 0.760. The lowest BCUT2D eigenvalue weighted by Crippen LogP contribution is -2.55. The molecule has 4 fully saturated rings. The summed E-state index contributed by atoms with van der Waals surface area (Å²) in [7, 11) is 0. The molecule has 3 N–H and O–H groups in total. The molecule has 0 spiro atoms.